The van der Waals surface area contributed by atoms with Crippen LogP contribution >= 0.6 is 11.3 Å². The Balaban J connectivity index is 2.00. The van der Waals surface area contributed by atoms with E-state index >= 15 is 0 Å². The third-order valence-corrected chi connectivity index (χ3v) is 4.04. The summed E-state index contributed by atoms with van der Waals surface area (Å²) in [6.45, 7) is 0. The number of hydrogen-bond acceptors (Lipinski definition) is 3. The molecule has 0 aliphatic carbocycles. The van der Waals surface area contributed by atoms with Crippen molar-refractivity contribution >= 4 is 28.0 Å². The van der Waals surface area contributed by atoms with Crippen molar-refractivity contribution in [2.75, 3.05) is 0 Å². The van der Waals surface area contributed by atoms with Gasteiger partial charge in [-0.1, -0.05) is 24.3 Å². The number of halogens is 3. The molecule has 0 saturated carbocycles. The molecule has 0 bridgehead atoms. The fourth-order valence-electron chi connectivity index (χ4n) is 1.94. The summed E-state index contributed by atoms with van der Waals surface area (Å²) in [5.74, 6) is -1.82. The fraction of sp³-hybridized carbons (Fsp3) is 0.0667. The molecule has 2 aromatic heterocycles. The summed E-state index contributed by atoms with van der Waals surface area (Å²) in [5.41, 5.74) is 1.31. The smallest absolute Gasteiger partial charge is 0.283 e. The van der Waals surface area contributed by atoms with Gasteiger partial charge in [0, 0.05) is 5.39 Å². The second-order valence-electron chi connectivity index (χ2n) is 4.38. The van der Waals surface area contributed by atoms with Crippen LogP contribution in [-0.4, -0.2) is 16.9 Å². The number of carbonyl (C=O) groups is 1. The van der Waals surface area contributed by atoms with Crippen LogP contribution in [0, 0.1) is 0 Å². The molecule has 6 heteroatoms. The molecule has 0 unspecified atom stereocenters. The zero-order chi connectivity index (χ0) is 15.0. The van der Waals surface area contributed by atoms with Crippen LogP contribution in [0.15, 0.2) is 48.5 Å². The predicted octanol–water partition coefficient (Wildman–Crippen LogP) is 4.71. The van der Waals surface area contributed by atoms with E-state index < -0.39 is 12.0 Å². The molecular formula is C15H8F3NOS. The first-order valence-corrected chi connectivity index (χ1v) is 6.84. The maximum atomic E-state index is 12.4. The quantitative estimate of drug-likeness (QED) is 0.642. The first kappa shape index (κ1) is 13.8. The van der Waals surface area contributed by atoms with Crippen LogP contribution in [0.4, 0.5) is 13.2 Å². The monoisotopic (exact) mass is 307 g/mol. The van der Waals surface area contributed by atoms with Gasteiger partial charge in [0.2, 0.25) is 0 Å². The van der Waals surface area contributed by atoms with Crippen LogP contribution in [-0.2, 0) is 0 Å². The molecular weight excluding hydrogens is 299 g/mol. The highest BCUT2D eigenvalue weighted by molar-refractivity contribution is 7.17. The fourth-order valence-corrected chi connectivity index (χ4v) is 2.88. The molecule has 0 amide bonds. The minimum Gasteiger partial charge on any atom is -0.283 e. The number of nitrogens with zero attached hydrogens (tertiary/aromatic N) is 1. The normalized spacial score (nSPS) is 11.8. The number of aromatic nitrogens is 1. The van der Waals surface area contributed by atoms with E-state index in [4.69, 9.17) is 0 Å². The molecule has 0 saturated heterocycles. The summed E-state index contributed by atoms with van der Waals surface area (Å²) < 4.78 is 37.2. The SMILES string of the molecule is O=C(c1ccc(-c2ccc3ccccc3n2)s1)C(F)(F)F. The van der Waals surface area contributed by atoms with Crippen molar-refractivity contribution < 1.29 is 18.0 Å². The maximum absolute atomic E-state index is 12.4. The number of pyridine rings is 1. The Morgan fingerprint density at radius 1 is 1.00 bits per heavy atom. The lowest BCUT2D eigenvalue weighted by Gasteiger charge is -2.02. The van der Waals surface area contributed by atoms with Gasteiger partial charge in [-0.3, -0.25) is 4.79 Å². The maximum Gasteiger partial charge on any atom is 0.455 e. The highest BCUT2D eigenvalue weighted by Gasteiger charge is 2.40. The molecule has 0 spiro atoms. The Morgan fingerprint density at radius 3 is 2.52 bits per heavy atom. The van der Waals surface area contributed by atoms with Crippen LogP contribution in [0.5, 0.6) is 0 Å². The van der Waals surface area contributed by atoms with Crippen molar-refractivity contribution in [3.05, 3.63) is 53.4 Å². The standard InChI is InChI=1S/C15H8F3NOS/c16-15(17,18)14(20)13-8-7-12(21-13)11-6-5-9-3-1-2-4-10(9)19-11/h1-8H. The van der Waals surface area contributed by atoms with Gasteiger partial charge < -0.3 is 0 Å². The van der Waals surface area contributed by atoms with E-state index in [1.54, 1.807) is 6.07 Å². The molecule has 0 fully saturated rings. The van der Waals surface area contributed by atoms with E-state index in [0.717, 1.165) is 22.2 Å². The van der Waals surface area contributed by atoms with Gasteiger partial charge in [0.25, 0.3) is 5.78 Å². The Labute approximate surface area is 121 Å². The van der Waals surface area contributed by atoms with E-state index in [1.165, 1.54) is 12.1 Å². The second-order valence-corrected chi connectivity index (χ2v) is 5.46. The van der Waals surface area contributed by atoms with Crippen LogP contribution in [0.2, 0.25) is 0 Å². The Morgan fingerprint density at radius 2 is 1.76 bits per heavy atom. The highest BCUT2D eigenvalue weighted by atomic mass is 32.1. The average molecular weight is 307 g/mol. The number of Topliss-reactive ketones (excluding diaryl/α,β-unsaturated/α-hetero) is 1. The van der Waals surface area contributed by atoms with Gasteiger partial charge in [-0.25, -0.2) is 4.98 Å². The van der Waals surface area contributed by atoms with Crippen LogP contribution in [0.3, 0.4) is 0 Å². The van der Waals surface area contributed by atoms with E-state index in [-0.39, 0.29) is 4.88 Å². The van der Waals surface area contributed by atoms with Crippen molar-refractivity contribution in [1.29, 1.82) is 0 Å². The number of benzene rings is 1. The Hall–Kier alpha value is -2.21. The molecule has 1 aromatic carbocycles. The van der Waals surface area contributed by atoms with Gasteiger partial charge in [-0.2, -0.15) is 13.2 Å². The summed E-state index contributed by atoms with van der Waals surface area (Å²) in [6.07, 6.45) is -4.85. The van der Waals surface area contributed by atoms with Gasteiger partial charge in [0.1, 0.15) is 0 Å². The van der Waals surface area contributed by atoms with Crippen molar-refractivity contribution in [2.24, 2.45) is 0 Å². The molecule has 0 N–H and O–H groups in total. The minimum atomic E-state index is -4.85. The van der Waals surface area contributed by atoms with Crippen molar-refractivity contribution in [2.45, 2.75) is 6.18 Å². The molecule has 0 atom stereocenters. The Kier molecular flexibility index (Phi) is 3.25. The summed E-state index contributed by atoms with van der Waals surface area (Å²) in [5, 5.41) is 0.949. The summed E-state index contributed by atoms with van der Waals surface area (Å²) in [6, 6.07) is 13.7. The van der Waals surface area contributed by atoms with E-state index in [1.807, 2.05) is 30.3 Å². The summed E-state index contributed by atoms with van der Waals surface area (Å²) >= 11 is 0.797. The largest absolute Gasteiger partial charge is 0.455 e. The van der Waals surface area contributed by atoms with E-state index in [9.17, 15) is 18.0 Å². The number of hydrogen-bond donors (Lipinski definition) is 0. The minimum absolute atomic E-state index is 0.326. The molecule has 2 heterocycles. The van der Waals surface area contributed by atoms with Gasteiger partial charge in [0.15, 0.2) is 0 Å². The van der Waals surface area contributed by atoms with E-state index in [2.05, 4.69) is 4.98 Å². The lowest BCUT2D eigenvalue weighted by Crippen LogP contribution is -2.21. The van der Waals surface area contributed by atoms with E-state index in [0.29, 0.717) is 10.6 Å². The third-order valence-electron chi connectivity index (χ3n) is 2.94. The molecule has 21 heavy (non-hydrogen) atoms. The highest BCUT2D eigenvalue weighted by Crippen LogP contribution is 2.31. The zero-order valence-corrected chi connectivity index (χ0v) is 11.3. The molecule has 0 aliphatic rings. The first-order chi connectivity index (χ1) is 9.95. The number of fused-ring (bicyclic) bond motifs is 1. The lowest BCUT2D eigenvalue weighted by atomic mass is 10.2. The average Bonchev–Trinajstić information content (AvgIpc) is 2.94. The number of alkyl halides is 3. The van der Waals surface area contributed by atoms with Gasteiger partial charge in [-0.15, -0.1) is 11.3 Å². The second kappa shape index (κ2) is 4.96. The predicted molar refractivity (Wildman–Crippen MR) is 75.4 cm³/mol. The number of ketones is 1. The lowest BCUT2D eigenvalue weighted by molar-refractivity contribution is -0.0882. The number of thiophene rings is 1. The summed E-state index contributed by atoms with van der Waals surface area (Å²) in [7, 11) is 0. The van der Waals surface area contributed by atoms with Gasteiger partial charge >= 0.3 is 6.18 Å². The summed E-state index contributed by atoms with van der Waals surface area (Å²) in [4.78, 5) is 15.8. The molecule has 3 aromatic rings. The van der Waals surface area contributed by atoms with Crippen molar-refractivity contribution in [1.82, 2.24) is 4.98 Å². The molecule has 2 nitrogen and oxygen atoms in total. The Bertz CT molecular complexity index is 823. The molecule has 0 aliphatic heterocycles. The van der Waals surface area contributed by atoms with Crippen LogP contribution < -0.4 is 0 Å². The number of rotatable bonds is 2. The number of para-hydroxylation sites is 1. The van der Waals surface area contributed by atoms with Gasteiger partial charge in [-0.05, 0) is 24.3 Å². The molecule has 106 valence electrons. The van der Waals surface area contributed by atoms with Crippen molar-refractivity contribution in [3.8, 4) is 10.6 Å². The van der Waals surface area contributed by atoms with Crippen LogP contribution in [0.1, 0.15) is 9.67 Å². The third kappa shape index (κ3) is 2.67. The molecule has 0 radical (unpaired) electrons. The first-order valence-electron chi connectivity index (χ1n) is 6.03. The number of carbonyl (C=O) groups excluding carboxylic acids is 1. The van der Waals surface area contributed by atoms with Crippen molar-refractivity contribution in [3.63, 3.8) is 0 Å². The van der Waals surface area contributed by atoms with Crippen LogP contribution in [0.25, 0.3) is 21.5 Å². The topological polar surface area (TPSA) is 30.0 Å². The zero-order valence-electron chi connectivity index (χ0n) is 10.5. The van der Waals surface area contributed by atoms with Gasteiger partial charge in [0.05, 0.1) is 21.0 Å². The molecule has 3 rings (SSSR count).